The van der Waals surface area contributed by atoms with Crippen molar-refractivity contribution in [2.75, 3.05) is 19.8 Å². The molecule has 0 saturated carbocycles. The molecule has 1 heterocycles. The molecule has 0 spiro atoms. The number of rotatable bonds is 21. The van der Waals surface area contributed by atoms with Gasteiger partial charge < -0.3 is 24.8 Å². The lowest BCUT2D eigenvalue weighted by atomic mass is 10.1. The van der Waals surface area contributed by atoms with Crippen LogP contribution in [0.3, 0.4) is 0 Å². The van der Waals surface area contributed by atoms with Crippen LogP contribution in [-0.2, 0) is 9.47 Å². The normalized spacial score (nSPS) is 22.5. The highest BCUT2D eigenvalue weighted by atomic mass is 16.6. The first-order valence-electron chi connectivity index (χ1n) is 13.1. The van der Waals surface area contributed by atoms with Crippen molar-refractivity contribution in [2.45, 2.75) is 134 Å². The Morgan fingerprint density at radius 2 is 1.32 bits per heavy atom. The fourth-order valence-corrected chi connectivity index (χ4v) is 4.14. The molecule has 0 aromatic rings. The summed E-state index contributed by atoms with van der Waals surface area (Å²) in [5.41, 5.74) is 0. The molecule has 1 aliphatic heterocycles. The van der Waals surface area contributed by atoms with Crippen molar-refractivity contribution in [3.8, 4) is 0 Å². The summed E-state index contributed by atoms with van der Waals surface area (Å²) in [6.45, 7) is 2.71. The summed E-state index contributed by atoms with van der Waals surface area (Å²) in [6, 6.07) is 0. The van der Waals surface area contributed by atoms with E-state index in [2.05, 4.69) is 19.1 Å². The topological polar surface area (TPSA) is 79.2 Å². The first-order valence-corrected chi connectivity index (χ1v) is 13.1. The van der Waals surface area contributed by atoms with Crippen LogP contribution in [0.15, 0.2) is 12.2 Å². The minimum atomic E-state index is -0.980. The van der Waals surface area contributed by atoms with Crippen LogP contribution in [0.2, 0.25) is 0 Å². The molecule has 0 bridgehead atoms. The molecule has 4 atom stereocenters. The van der Waals surface area contributed by atoms with Crippen LogP contribution in [0.5, 0.6) is 0 Å². The number of hydrogen-bond acceptors (Lipinski definition) is 5. The molecule has 0 radical (unpaired) electrons. The Kier molecular flexibility index (Phi) is 18.6. The highest BCUT2D eigenvalue weighted by Crippen LogP contribution is 2.20. The standard InChI is InChI=1S/C26H50O5/c1-2-3-4-5-6-7-8-9-10-11-12-13-14-15-16-17-18-19-20-30-24(21-27)26-25(29)23(28)22-31-26/h11-12,23-29H,2-10,13-22H2,1H3/b12-11+/t23-,24+,25-,26-/m1/s1. The van der Waals surface area contributed by atoms with Crippen LogP contribution in [0.1, 0.15) is 110 Å². The third-order valence-corrected chi connectivity index (χ3v) is 6.22. The molecular formula is C26H50O5. The van der Waals surface area contributed by atoms with Crippen LogP contribution in [0, 0.1) is 0 Å². The molecule has 1 rings (SSSR count). The average molecular weight is 443 g/mol. The Hall–Kier alpha value is -0.460. The summed E-state index contributed by atoms with van der Waals surface area (Å²) in [6.07, 6.45) is 22.3. The third-order valence-electron chi connectivity index (χ3n) is 6.22. The average Bonchev–Trinajstić information content (AvgIpc) is 3.11. The summed E-state index contributed by atoms with van der Waals surface area (Å²) in [5.74, 6) is 0. The van der Waals surface area contributed by atoms with Gasteiger partial charge in [0, 0.05) is 6.61 Å². The van der Waals surface area contributed by atoms with E-state index < -0.39 is 24.4 Å². The Morgan fingerprint density at radius 1 is 0.806 bits per heavy atom. The summed E-state index contributed by atoms with van der Waals surface area (Å²) in [4.78, 5) is 0. The molecule has 0 aromatic heterocycles. The van der Waals surface area contributed by atoms with Crippen molar-refractivity contribution >= 4 is 0 Å². The molecular weight excluding hydrogens is 392 g/mol. The summed E-state index contributed by atoms with van der Waals surface area (Å²) in [7, 11) is 0. The van der Waals surface area contributed by atoms with E-state index in [9.17, 15) is 15.3 Å². The van der Waals surface area contributed by atoms with Gasteiger partial charge >= 0.3 is 0 Å². The van der Waals surface area contributed by atoms with Crippen LogP contribution >= 0.6 is 0 Å². The first kappa shape index (κ1) is 28.6. The lowest BCUT2D eigenvalue weighted by Crippen LogP contribution is -2.42. The zero-order valence-electron chi connectivity index (χ0n) is 20.1. The van der Waals surface area contributed by atoms with Crippen LogP contribution < -0.4 is 0 Å². The number of hydrogen-bond donors (Lipinski definition) is 3. The molecule has 5 heteroatoms. The Morgan fingerprint density at radius 3 is 1.81 bits per heavy atom. The lowest BCUT2D eigenvalue weighted by Gasteiger charge is -2.24. The fraction of sp³-hybridized carbons (Fsp3) is 0.923. The van der Waals surface area contributed by atoms with E-state index in [0.29, 0.717) is 6.61 Å². The lowest BCUT2D eigenvalue weighted by molar-refractivity contribution is -0.101. The van der Waals surface area contributed by atoms with E-state index in [0.717, 1.165) is 12.8 Å². The van der Waals surface area contributed by atoms with Gasteiger partial charge in [0.15, 0.2) is 0 Å². The van der Waals surface area contributed by atoms with Gasteiger partial charge in [0.2, 0.25) is 0 Å². The van der Waals surface area contributed by atoms with E-state index in [1.165, 1.54) is 89.9 Å². The van der Waals surface area contributed by atoms with Gasteiger partial charge in [-0.1, -0.05) is 89.7 Å². The van der Waals surface area contributed by atoms with Crippen LogP contribution in [0.4, 0.5) is 0 Å². The highest BCUT2D eigenvalue weighted by Gasteiger charge is 2.40. The second-order valence-electron chi connectivity index (χ2n) is 9.09. The third kappa shape index (κ3) is 14.3. The minimum absolute atomic E-state index is 0.0973. The van der Waals surface area contributed by atoms with Crippen LogP contribution in [0.25, 0.3) is 0 Å². The van der Waals surface area contributed by atoms with Crippen molar-refractivity contribution in [3.05, 3.63) is 12.2 Å². The smallest absolute Gasteiger partial charge is 0.114 e. The van der Waals surface area contributed by atoms with Gasteiger partial charge in [0.1, 0.15) is 24.4 Å². The van der Waals surface area contributed by atoms with Gasteiger partial charge in [-0.25, -0.2) is 0 Å². The largest absolute Gasteiger partial charge is 0.394 e. The number of allylic oxidation sites excluding steroid dienone is 2. The maximum atomic E-state index is 9.85. The zero-order chi connectivity index (χ0) is 22.6. The predicted molar refractivity (Wildman–Crippen MR) is 127 cm³/mol. The molecule has 5 nitrogen and oxygen atoms in total. The van der Waals surface area contributed by atoms with Crippen molar-refractivity contribution in [3.63, 3.8) is 0 Å². The zero-order valence-corrected chi connectivity index (χ0v) is 20.1. The molecule has 1 saturated heterocycles. The van der Waals surface area contributed by atoms with Crippen molar-refractivity contribution < 1.29 is 24.8 Å². The Labute approximate surface area is 191 Å². The quantitative estimate of drug-likeness (QED) is 0.166. The Bertz CT molecular complexity index is 415. The van der Waals surface area contributed by atoms with Gasteiger partial charge in [0.05, 0.1) is 13.2 Å². The molecule has 3 N–H and O–H groups in total. The monoisotopic (exact) mass is 442 g/mol. The molecule has 1 aliphatic rings. The molecule has 0 aliphatic carbocycles. The Balaban J connectivity index is 1.82. The maximum Gasteiger partial charge on any atom is 0.114 e. The predicted octanol–water partition coefficient (Wildman–Crippen LogP) is 5.30. The summed E-state index contributed by atoms with van der Waals surface area (Å²) >= 11 is 0. The molecule has 1 fully saturated rings. The fourth-order valence-electron chi connectivity index (χ4n) is 4.14. The number of aliphatic hydroxyl groups excluding tert-OH is 3. The summed E-state index contributed by atoms with van der Waals surface area (Å²) in [5, 5.41) is 28.8. The number of ether oxygens (including phenoxy) is 2. The van der Waals surface area contributed by atoms with E-state index in [-0.39, 0.29) is 13.2 Å². The maximum absolute atomic E-state index is 9.85. The first-order chi connectivity index (χ1) is 15.2. The van der Waals surface area contributed by atoms with Gasteiger partial charge in [-0.15, -0.1) is 0 Å². The highest BCUT2D eigenvalue weighted by molar-refractivity contribution is 4.88. The van der Waals surface area contributed by atoms with E-state index in [4.69, 9.17) is 9.47 Å². The SMILES string of the molecule is CCCCCCCCCC/C=C/CCCCCCCCO[C@@H](CO)[C@H]1OC[C@@H](O)[C@H]1O. The van der Waals surface area contributed by atoms with E-state index in [1.54, 1.807) is 0 Å². The molecule has 0 aromatic carbocycles. The molecule has 31 heavy (non-hydrogen) atoms. The van der Waals surface area contributed by atoms with Crippen molar-refractivity contribution in [2.24, 2.45) is 0 Å². The van der Waals surface area contributed by atoms with Crippen molar-refractivity contribution in [1.29, 1.82) is 0 Å². The number of unbranched alkanes of at least 4 members (excludes halogenated alkanes) is 14. The van der Waals surface area contributed by atoms with Crippen molar-refractivity contribution in [1.82, 2.24) is 0 Å². The van der Waals surface area contributed by atoms with Gasteiger partial charge in [-0.05, 0) is 32.1 Å². The van der Waals surface area contributed by atoms with Gasteiger partial charge in [-0.3, -0.25) is 0 Å². The second kappa shape index (κ2) is 20.2. The molecule has 0 unspecified atom stereocenters. The van der Waals surface area contributed by atoms with Crippen LogP contribution in [-0.4, -0.2) is 59.6 Å². The van der Waals surface area contributed by atoms with E-state index in [1.807, 2.05) is 0 Å². The summed E-state index contributed by atoms with van der Waals surface area (Å²) < 4.78 is 11.0. The number of aliphatic hydroxyl groups is 3. The second-order valence-corrected chi connectivity index (χ2v) is 9.09. The molecule has 184 valence electrons. The van der Waals surface area contributed by atoms with E-state index >= 15 is 0 Å². The van der Waals surface area contributed by atoms with Gasteiger partial charge in [0.25, 0.3) is 0 Å². The van der Waals surface area contributed by atoms with Gasteiger partial charge in [-0.2, -0.15) is 0 Å². The molecule has 0 amide bonds. The minimum Gasteiger partial charge on any atom is -0.394 e.